The zero-order valence-corrected chi connectivity index (χ0v) is 18.9. The van der Waals surface area contributed by atoms with Gasteiger partial charge < -0.3 is 26.4 Å². The Balaban J connectivity index is 1.61. The molecule has 1 aliphatic carbocycles. The Morgan fingerprint density at radius 3 is 2.57 bits per heavy atom. The average molecular weight is 490 g/mol. The topological polar surface area (TPSA) is 144 Å². The van der Waals surface area contributed by atoms with Crippen molar-refractivity contribution < 1.29 is 27.6 Å². The van der Waals surface area contributed by atoms with Crippen molar-refractivity contribution in [2.24, 2.45) is 11.6 Å². The Morgan fingerprint density at radius 2 is 1.94 bits per heavy atom. The maximum absolute atomic E-state index is 13.6. The fourth-order valence-electron chi connectivity index (χ4n) is 4.52. The van der Waals surface area contributed by atoms with Gasteiger partial charge in [-0.1, -0.05) is 0 Å². The number of aromatic nitrogens is 1. The summed E-state index contributed by atoms with van der Waals surface area (Å²) >= 11 is 0. The summed E-state index contributed by atoms with van der Waals surface area (Å²) in [7, 11) is 0. The number of hydrogen-bond acceptors (Lipinski definition) is 6. The number of nitrogens with zero attached hydrogens (tertiary/aromatic N) is 1. The summed E-state index contributed by atoms with van der Waals surface area (Å²) in [4.78, 5) is 39.1. The fourth-order valence-corrected chi connectivity index (χ4v) is 4.52. The molecule has 2 aliphatic rings. The van der Waals surface area contributed by atoms with E-state index in [0.29, 0.717) is 49.2 Å². The van der Waals surface area contributed by atoms with Gasteiger partial charge in [-0.2, -0.15) is 0 Å². The first-order valence-corrected chi connectivity index (χ1v) is 11.0. The molecule has 2 amide bonds. The summed E-state index contributed by atoms with van der Waals surface area (Å²) in [5.41, 5.74) is 7.98. The van der Waals surface area contributed by atoms with Crippen LogP contribution in [0.1, 0.15) is 63.4 Å². The zero-order valence-electron chi connectivity index (χ0n) is 18.9. The van der Waals surface area contributed by atoms with E-state index < -0.39 is 40.9 Å². The first kappa shape index (κ1) is 24.3. The predicted molar refractivity (Wildman–Crippen MR) is 121 cm³/mol. The standard InChI is InChI=1S/C23H25F3N6O3/c1-11-17(19(33)22(35)31-23(6-7-23)16(27)10-29-28)15-3-2-8-32(15)18(11)21(34)30-12-4-5-14(24)13(9-12)20(25)26/h4-5,9-10,20,29H,2-3,6-8,27-28H2,1H3,(H,30,34)(H,31,35). The summed E-state index contributed by atoms with van der Waals surface area (Å²) < 4.78 is 41.4. The van der Waals surface area contributed by atoms with Gasteiger partial charge in [-0.25, -0.2) is 13.2 Å². The number of hydrazine groups is 1. The van der Waals surface area contributed by atoms with Crippen LogP contribution in [0, 0.1) is 12.7 Å². The maximum atomic E-state index is 13.6. The lowest BCUT2D eigenvalue weighted by Crippen LogP contribution is -2.45. The van der Waals surface area contributed by atoms with E-state index in [1.54, 1.807) is 11.5 Å². The lowest BCUT2D eigenvalue weighted by Gasteiger charge is -2.17. The third-order valence-electron chi connectivity index (χ3n) is 6.44. The van der Waals surface area contributed by atoms with Crippen molar-refractivity contribution in [1.29, 1.82) is 0 Å². The molecule has 0 saturated heterocycles. The number of amides is 2. The van der Waals surface area contributed by atoms with Crippen molar-refractivity contribution >= 4 is 23.3 Å². The molecule has 12 heteroatoms. The highest BCUT2D eigenvalue weighted by Gasteiger charge is 2.48. The normalized spacial score (nSPS) is 16.1. The van der Waals surface area contributed by atoms with Crippen LogP contribution in [-0.2, 0) is 17.8 Å². The van der Waals surface area contributed by atoms with Crippen LogP contribution >= 0.6 is 0 Å². The first-order valence-electron chi connectivity index (χ1n) is 11.0. The van der Waals surface area contributed by atoms with E-state index in [4.69, 9.17) is 11.6 Å². The van der Waals surface area contributed by atoms with Crippen LogP contribution in [-0.4, -0.2) is 27.7 Å². The van der Waals surface area contributed by atoms with Crippen LogP contribution in [0.3, 0.4) is 0 Å². The molecule has 1 fully saturated rings. The molecule has 7 N–H and O–H groups in total. The fraction of sp³-hybridized carbons (Fsp3) is 0.348. The minimum absolute atomic E-state index is 0.0169. The van der Waals surface area contributed by atoms with Gasteiger partial charge in [0.05, 0.1) is 22.4 Å². The Hall–Kier alpha value is -3.80. The number of alkyl halides is 2. The second-order valence-corrected chi connectivity index (χ2v) is 8.67. The van der Waals surface area contributed by atoms with Crippen molar-refractivity contribution in [3.05, 3.63) is 64.0 Å². The second kappa shape index (κ2) is 9.10. The van der Waals surface area contributed by atoms with Crippen molar-refractivity contribution in [2.45, 2.75) is 51.1 Å². The number of rotatable bonds is 8. The van der Waals surface area contributed by atoms with Crippen LogP contribution in [0.5, 0.6) is 0 Å². The molecule has 2 heterocycles. The highest BCUT2D eigenvalue weighted by Crippen LogP contribution is 2.40. The predicted octanol–water partition coefficient (Wildman–Crippen LogP) is 2.17. The van der Waals surface area contributed by atoms with Gasteiger partial charge in [0.15, 0.2) is 0 Å². The zero-order chi connectivity index (χ0) is 25.5. The molecule has 9 nitrogen and oxygen atoms in total. The Bertz CT molecular complexity index is 1250. The summed E-state index contributed by atoms with van der Waals surface area (Å²) in [6, 6.07) is 2.88. The number of halogens is 3. The quantitative estimate of drug-likeness (QED) is 0.166. The van der Waals surface area contributed by atoms with Crippen molar-refractivity contribution in [2.75, 3.05) is 5.32 Å². The van der Waals surface area contributed by atoms with Gasteiger partial charge in [0.2, 0.25) is 0 Å². The van der Waals surface area contributed by atoms with E-state index in [1.807, 2.05) is 0 Å². The number of anilines is 1. The number of nitrogens with one attached hydrogen (secondary N) is 3. The van der Waals surface area contributed by atoms with Crippen molar-refractivity contribution in [3.63, 3.8) is 0 Å². The smallest absolute Gasteiger partial charge is 0.293 e. The lowest BCUT2D eigenvalue weighted by molar-refractivity contribution is -0.117. The van der Waals surface area contributed by atoms with Gasteiger partial charge in [-0.05, 0) is 56.4 Å². The van der Waals surface area contributed by atoms with Gasteiger partial charge >= 0.3 is 0 Å². The van der Waals surface area contributed by atoms with Gasteiger partial charge in [-0.15, -0.1) is 0 Å². The molecule has 0 spiro atoms. The number of hydrogen-bond donors (Lipinski definition) is 5. The monoisotopic (exact) mass is 490 g/mol. The number of Topliss-reactive ketones (excluding diaryl/α,β-unsaturated/α-hetero) is 1. The van der Waals surface area contributed by atoms with Crippen LogP contribution in [0.2, 0.25) is 0 Å². The molecule has 1 aromatic carbocycles. The highest BCUT2D eigenvalue weighted by atomic mass is 19.3. The Morgan fingerprint density at radius 1 is 1.23 bits per heavy atom. The summed E-state index contributed by atoms with van der Waals surface area (Å²) in [6.07, 6.45) is 0.540. The van der Waals surface area contributed by atoms with E-state index in [0.717, 1.165) is 12.1 Å². The number of fused-ring (bicyclic) bond motifs is 1. The first-order chi connectivity index (χ1) is 16.6. The molecule has 0 atom stereocenters. The van der Waals surface area contributed by atoms with E-state index in [-0.39, 0.29) is 16.9 Å². The van der Waals surface area contributed by atoms with Crippen LogP contribution < -0.4 is 27.6 Å². The molecule has 35 heavy (non-hydrogen) atoms. The Labute approximate surface area is 198 Å². The van der Waals surface area contributed by atoms with Gasteiger partial charge in [0.1, 0.15) is 11.5 Å². The minimum atomic E-state index is -3.05. The molecule has 4 rings (SSSR count). The number of carbonyl (C=O) groups is 3. The summed E-state index contributed by atoms with van der Waals surface area (Å²) in [5.74, 6) is 1.86. The number of carbonyl (C=O) groups excluding carboxylic acids is 3. The summed E-state index contributed by atoms with van der Waals surface area (Å²) in [6.45, 7) is 2.00. The van der Waals surface area contributed by atoms with Crippen molar-refractivity contribution in [1.82, 2.24) is 15.3 Å². The van der Waals surface area contributed by atoms with E-state index in [2.05, 4.69) is 16.1 Å². The molecular weight excluding hydrogens is 465 g/mol. The maximum Gasteiger partial charge on any atom is 0.293 e. The molecule has 0 radical (unpaired) electrons. The lowest BCUT2D eigenvalue weighted by atomic mass is 10.0. The SMILES string of the molecule is Cc1c(C(=O)C(=O)NC2(C(N)=CNN)CC2)c2n(c1C(=O)Nc1ccc(F)c(C(F)F)c1)CCC2. The van der Waals surface area contributed by atoms with Crippen LogP contribution in [0.4, 0.5) is 18.9 Å². The minimum Gasteiger partial charge on any atom is -0.399 e. The number of ketones is 1. The molecular formula is C23H25F3N6O3. The van der Waals surface area contributed by atoms with E-state index in [1.165, 1.54) is 12.3 Å². The number of nitrogens with two attached hydrogens (primary N) is 2. The molecule has 0 unspecified atom stereocenters. The van der Waals surface area contributed by atoms with E-state index in [9.17, 15) is 27.6 Å². The van der Waals surface area contributed by atoms with Gasteiger partial charge in [-0.3, -0.25) is 20.2 Å². The third kappa shape index (κ3) is 4.36. The van der Waals surface area contributed by atoms with Crippen LogP contribution in [0.15, 0.2) is 30.1 Å². The van der Waals surface area contributed by atoms with Gasteiger partial charge in [0, 0.05) is 24.1 Å². The molecule has 1 aromatic heterocycles. The molecule has 1 aliphatic heterocycles. The molecule has 186 valence electrons. The highest BCUT2D eigenvalue weighted by molar-refractivity contribution is 6.44. The Kier molecular flexibility index (Phi) is 6.32. The van der Waals surface area contributed by atoms with E-state index >= 15 is 0 Å². The molecule has 2 aromatic rings. The van der Waals surface area contributed by atoms with Crippen molar-refractivity contribution in [3.8, 4) is 0 Å². The molecule has 1 saturated carbocycles. The average Bonchev–Trinajstić information content (AvgIpc) is 3.34. The van der Waals surface area contributed by atoms with Crippen LogP contribution in [0.25, 0.3) is 0 Å². The third-order valence-corrected chi connectivity index (χ3v) is 6.44. The number of benzene rings is 1. The van der Waals surface area contributed by atoms with Gasteiger partial charge in [0.25, 0.3) is 24.0 Å². The second-order valence-electron chi connectivity index (χ2n) is 8.67. The summed E-state index contributed by atoms with van der Waals surface area (Å²) in [5, 5.41) is 5.17. The largest absolute Gasteiger partial charge is 0.399 e. The molecule has 0 bridgehead atoms.